The molecular weight excluding hydrogens is 376 g/mol. The Hall–Kier alpha value is -2.36. The number of rotatable bonds is 14. The maximum Gasteiger partial charge on any atom is 0.185 e. The first-order valence-corrected chi connectivity index (χ1v) is 11.0. The molecule has 0 bridgehead atoms. The van der Waals surface area contributed by atoms with Gasteiger partial charge in [0.1, 0.15) is 5.78 Å². The number of hydrogen-bond acceptors (Lipinski definition) is 4. The molecule has 30 heavy (non-hydrogen) atoms. The Bertz CT molecular complexity index is 732. The van der Waals surface area contributed by atoms with Crippen LogP contribution in [0.25, 0.3) is 0 Å². The second kappa shape index (κ2) is 14.6. The second-order valence-corrected chi connectivity index (χ2v) is 7.76. The Morgan fingerprint density at radius 1 is 0.933 bits per heavy atom. The Morgan fingerprint density at radius 2 is 1.57 bits per heavy atom. The summed E-state index contributed by atoms with van der Waals surface area (Å²) in [6.07, 6.45) is 12.1. The van der Waals surface area contributed by atoms with Crippen LogP contribution in [0.4, 0.5) is 0 Å². The zero-order chi connectivity index (χ0) is 23.3. The van der Waals surface area contributed by atoms with Crippen LogP contribution in [-0.4, -0.2) is 23.1 Å². The molecule has 0 spiro atoms. The molecular formula is C26H38O4. The molecule has 4 nitrogen and oxygen atoms in total. The Labute approximate surface area is 182 Å². The summed E-state index contributed by atoms with van der Waals surface area (Å²) in [5.74, 6) is -3.61. The van der Waals surface area contributed by atoms with E-state index in [1.807, 2.05) is 13.8 Å². The van der Waals surface area contributed by atoms with E-state index in [0.29, 0.717) is 30.4 Å². The van der Waals surface area contributed by atoms with Crippen molar-refractivity contribution in [2.45, 2.75) is 74.1 Å². The second-order valence-electron chi connectivity index (χ2n) is 7.76. The Kier molecular flexibility index (Phi) is 13.4. The average Bonchev–Trinajstić information content (AvgIpc) is 2.71. The number of hydrogen-bond donors (Lipinski definition) is 0. The van der Waals surface area contributed by atoms with Crippen molar-refractivity contribution in [1.82, 2.24) is 0 Å². The van der Waals surface area contributed by atoms with Crippen LogP contribution in [0.1, 0.15) is 74.1 Å². The van der Waals surface area contributed by atoms with Crippen LogP contribution in [0.2, 0.25) is 0 Å². The fraction of sp³-hybridized carbons (Fsp3) is 0.538. The molecule has 4 heteroatoms. The molecule has 0 aromatic carbocycles. The fourth-order valence-corrected chi connectivity index (χ4v) is 3.04. The van der Waals surface area contributed by atoms with Gasteiger partial charge in [0.2, 0.25) is 0 Å². The minimum Gasteiger partial charge on any atom is -0.298 e. The lowest BCUT2D eigenvalue weighted by atomic mass is 9.79. The number of carbonyl (C=O) groups is 4. The highest BCUT2D eigenvalue weighted by atomic mass is 16.2. The summed E-state index contributed by atoms with van der Waals surface area (Å²) in [5.41, 5.74) is 1.03. The van der Waals surface area contributed by atoms with Gasteiger partial charge in [0.25, 0.3) is 0 Å². The molecule has 0 N–H and O–H groups in total. The van der Waals surface area contributed by atoms with Gasteiger partial charge in [0.05, 0.1) is 11.8 Å². The predicted octanol–water partition coefficient (Wildman–Crippen LogP) is 5.78. The lowest BCUT2D eigenvalue weighted by Crippen LogP contribution is -2.35. The molecule has 0 aliphatic carbocycles. The average molecular weight is 415 g/mol. The molecule has 0 aromatic rings. The summed E-state index contributed by atoms with van der Waals surface area (Å²) in [4.78, 5) is 51.8. The maximum absolute atomic E-state index is 13.4. The first-order chi connectivity index (χ1) is 14.2. The third kappa shape index (κ3) is 8.56. The highest BCUT2D eigenvalue weighted by Crippen LogP contribution is 2.24. The van der Waals surface area contributed by atoms with Crippen molar-refractivity contribution in [3.8, 4) is 0 Å². The highest BCUT2D eigenvalue weighted by Gasteiger charge is 2.35. The molecule has 0 rings (SSSR count). The van der Waals surface area contributed by atoms with E-state index in [4.69, 9.17) is 0 Å². The van der Waals surface area contributed by atoms with Gasteiger partial charge >= 0.3 is 0 Å². The quantitative estimate of drug-likeness (QED) is 0.205. The number of Topliss-reactive ketones (excluding diaryl/α,β-unsaturated/α-hetero) is 2. The Morgan fingerprint density at radius 3 is 2.03 bits per heavy atom. The third-order valence-corrected chi connectivity index (χ3v) is 5.01. The van der Waals surface area contributed by atoms with Gasteiger partial charge in [-0.15, -0.1) is 0 Å². The van der Waals surface area contributed by atoms with E-state index in [-0.39, 0.29) is 17.3 Å². The smallest absolute Gasteiger partial charge is 0.185 e. The summed E-state index contributed by atoms with van der Waals surface area (Å²) in [6, 6.07) is 0. The van der Waals surface area contributed by atoms with Crippen LogP contribution < -0.4 is 0 Å². The van der Waals surface area contributed by atoms with Crippen molar-refractivity contribution >= 4 is 23.1 Å². The minimum absolute atomic E-state index is 0.244. The molecule has 0 aromatic heterocycles. The predicted molar refractivity (Wildman–Crippen MR) is 123 cm³/mol. The van der Waals surface area contributed by atoms with Gasteiger partial charge in [-0.25, -0.2) is 0 Å². The summed E-state index contributed by atoms with van der Waals surface area (Å²) >= 11 is 0. The van der Waals surface area contributed by atoms with E-state index in [1.165, 1.54) is 18.2 Å². The van der Waals surface area contributed by atoms with Gasteiger partial charge in [-0.1, -0.05) is 64.8 Å². The number of unbranched alkanes of at least 4 members (excludes halogenated alkanes) is 1. The highest BCUT2D eigenvalue weighted by molar-refractivity contribution is 6.16. The van der Waals surface area contributed by atoms with Gasteiger partial charge < -0.3 is 0 Å². The number of carbonyl (C=O) groups excluding carboxylic acids is 4. The monoisotopic (exact) mass is 414 g/mol. The van der Waals surface area contributed by atoms with E-state index in [0.717, 1.165) is 6.42 Å². The molecule has 2 unspecified atom stereocenters. The first kappa shape index (κ1) is 27.6. The van der Waals surface area contributed by atoms with E-state index < -0.39 is 23.5 Å². The molecule has 0 radical (unpaired) electrons. The van der Waals surface area contributed by atoms with Crippen molar-refractivity contribution in [1.29, 1.82) is 0 Å². The molecule has 2 atom stereocenters. The number of allylic oxidation sites excluding steroid dienone is 8. The van der Waals surface area contributed by atoms with E-state index in [2.05, 4.69) is 0 Å². The molecule has 0 fully saturated rings. The van der Waals surface area contributed by atoms with Crippen molar-refractivity contribution in [2.24, 2.45) is 17.8 Å². The molecule has 0 heterocycles. The molecule has 0 amide bonds. The minimum atomic E-state index is -1.12. The standard InChI is InChI=1S/C26H38O4/c1-8-12-15-20(23(27)14-10-3)26(30)22(25(29)18(5)6)17-21(19(7)11-4)24(28)16-13-9-2/h10-11,13-14,16-18,20,22H,8-9,12,15H2,1-7H3/b14-10?,16-13+,19-11+,21-17+. The lowest BCUT2D eigenvalue weighted by molar-refractivity contribution is -0.137. The van der Waals surface area contributed by atoms with Gasteiger partial charge in [-0.3, -0.25) is 19.2 Å². The van der Waals surface area contributed by atoms with Gasteiger partial charge in [-0.05, 0) is 51.3 Å². The van der Waals surface area contributed by atoms with E-state index in [1.54, 1.807) is 52.8 Å². The summed E-state index contributed by atoms with van der Waals surface area (Å²) in [7, 11) is 0. The zero-order valence-electron chi connectivity index (χ0n) is 19.7. The Balaban J connectivity index is 6.47. The van der Waals surface area contributed by atoms with Crippen molar-refractivity contribution in [3.05, 3.63) is 47.6 Å². The van der Waals surface area contributed by atoms with Crippen LogP contribution in [0.15, 0.2) is 47.6 Å². The largest absolute Gasteiger partial charge is 0.298 e. The van der Waals surface area contributed by atoms with Crippen molar-refractivity contribution in [2.75, 3.05) is 0 Å². The molecule has 0 saturated heterocycles. The summed E-state index contributed by atoms with van der Waals surface area (Å²) in [6.45, 7) is 12.7. The topological polar surface area (TPSA) is 68.3 Å². The first-order valence-electron chi connectivity index (χ1n) is 11.0. The van der Waals surface area contributed by atoms with Crippen molar-refractivity contribution in [3.63, 3.8) is 0 Å². The van der Waals surface area contributed by atoms with Crippen LogP contribution in [0.3, 0.4) is 0 Å². The maximum atomic E-state index is 13.4. The van der Waals surface area contributed by atoms with Crippen LogP contribution in [0.5, 0.6) is 0 Å². The van der Waals surface area contributed by atoms with Crippen molar-refractivity contribution < 1.29 is 19.2 Å². The van der Waals surface area contributed by atoms with Gasteiger partial charge in [0, 0.05) is 11.5 Å². The SMILES string of the molecule is CC=CC(=O)C(CCCC)C(=O)C(/C=C(C(=O)/C=C/CC)\C(C)=C\C)C(=O)C(C)C. The molecule has 0 saturated carbocycles. The third-order valence-electron chi connectivity index (χ3n) is 5.01. The van der Waals surface area contributed by atoms with Gasteiger partial charge in [-0.2, -0.15) is 0 Å². The molecule has 0 aliphatic heterocycles. The van der Waals surface area contributed by atoms with E-state index in [9.17, 15) is 19.2 Å². The normalized spacial score (nSPS) is 15.1. The van der Waals surface area contributed by atoms with Gasteiger partial charge in [0.15, 0.2) is 17.3 Å². The summed E-state index contributed by atoms with van der Waals surface area (Å²) in [5, 5.41) is 0. The zero-order valence-corrected chi connectivity index (χ0v) is 19.7. The van der Waals surface area contributed by atoms with Crippen LogP contribution >= 0.6 is 0 Å². The van der Waals surface area contributed by atoms with Crippen LogP contribution in [-0.2, 0) is 19.2 Å². The fourth-order valence-electron chi connectivity index (χ4n) is 3.04. The number of ketones is 4. The molecule has 166 valence electrons. The summed E-state index contributed by atoms with van der Waals surface area (Å²) < 4.78 is 0. The van der Waals surface area contributed by atoms with E-state index >= 15 is 0 Å². The molecule has 0 aliphatic rings. The lowest BCUT2D eigenvalue weighted by Gasteiger charge is -2.20. The van der Waals surface area contributed by atoms with Crippen LogP contribution in [0, 0.1) is 17.8 Å².